The van der Waals surface area contributed by atoms with Gasteiger partial charge in [-0.3, -0.25) is 0 Å². The molecule has 12 aromatic rings. The second-order valence-corrected chi connectivity index (χ2v) is 16.3. The van der Waals surface area contributed by atoms with Gasteiger partial charge in [-0.15, -0.1) is 0 Å². The van der Waals surface area contributed by atoms with Crippen LogP contribution in [0.15, 0.2) is 233 Å². The number of hydrogen-bond acceptors (Lipinski definition) is 3. The first-order valence-corrected chi connectivity index (χ1v) is 21.3. The van der Waals surface area contributed by atoms with Crippen molar-refractivity contribution in [2.24, 2.45) is 0 Å². The Kier molecular flexibility index (Phi) is 7.52. The van der Waals surface area contributed by atoms with Crippen LogP contribution >= 0.6 is 0 Å². The third kappa shape index (κ3) is 4.88. The Balaban J connectivity index is 1.07. The van der Waals surface area contributed by atoms with Crippen molar-refractivity contribution in [1.82, 2.24) is 0 Å². The molecule has 0 saturated carbocycles. The smallest absolute Gasteiger partial charge is 0.143 e. The molecule has 1 aliphatic rings. The van der Waals surface area contributed by atoms with Crippen molar-refractivity contribution >= 4 is 71.7 Å². The van der Waals surface area contributed by atoms with E-state index >= 15 is 0 Å². The molecule has 3 heteroatoms. The van der Waals surface area contributed by atoms with Gasteiger partial charge in [-0.2, -0.15) is 0 Å². The molecule has 0 bridgehead atoms. The Morgan fingerprint density at radius 3 is 1.76 bits per heavy atom. The lowest BCUT2D eigenvalue weighted by Gasteiger charge is -2.34. The molecule has 13 rings (SSSR count). The third-order valence-electron chi connectivity index (χ3n) is 13.1. The van der Waals surface area contributed by atoms with Crippen LogP contribution < -0.4 is 4.90 Å². The molecule has 3 nitrogen and oxygen atoms in total. The minimum Gasteiger partial charge on any atom is -0.456 e. The molecular formula is C59H37NO2. The van der Waals surface area contributed by atoms with Gasteiger partial charge in [0.25, 0.3) is 0 Å². The van der Waals surface area contributed by atoms with Crippen LogP contribution in [-0.2, 0) is 5.41 Å². The highest BCUT2D eigenvalue weighted by Crippen LogP contribution is 2.60. The van der Waals surface area contributed by atoms with E-state index in [9.17, 15) is 0 Å². The molecule has 0 atom stereocenters. The minimum absolute atomic E-state index is 0.536. The lowest BCUT2D eigenvalue weighted by molar-refractivity contribution is 0.669. The summed E-state index contributed by atoms with van der Waals surface area (Å²) in [7, 11) is 0. The summed E-state index contributed by atoms with van der Waals surface area (Å²) in [5, 5.41) is 6.71. The van der Waals surface area contributed by atoms with E-state index < -0.39 is 5.41 Å². The van der Waals surface area contributed by atoms with Gasteiger partial charge in [-0.25, -0.2) is 0 Å². The maximum atomic E-state index is 6.61. The molecule has 1 aliphatic carbocycles. The molecule has 0 fully saturated rings. The van der Waals surface area contributed by atoms with Crippen LogP contribution in [0, 0.1) is 0 Å². The van der Waals surface area contributed by atoms with Crippen LogP contribution in [0.3, 0.4) is 0 Å². The molecule has 62 heavy (non-hydrogen) atoms. The van der Waals surface area contributed by atoms with E-state index in [4.69, 9.17) is 8.83 Å². The molecular weight excluding hydrogens is 755 g/mol. The maximum Gasteiger partial charge on any atom is 0.143 e. The largest absolute Gasteiger partial charge is 0.456 e. The molecule has 2 heterocycles. The van der Waals surface area contributed by atoms with Crippen molar-refractivity contribution in [2.75, 3.05) is 4.90 Å². The molecule has 0 amide bonds. The zero-order valence-electron chi connectivity index (χ0n) is 33.6. The maximum absolute atomic E-state index is 6.61. The first-order valence-electron chi connectivity index (χ1n) is 21.3. The lowest BCUT2D eigenvalue weighted by atomic mass is 9.68. The van der Waals surface area contributed by atoms with Gasteiger partial charge in [0.05, 0.1) is 22.2 Å². The number of furan rings is 2. The number of anilines is 3. The van der Waals surface area contributed by atoms with Gasteiger partial charge in [-0.1, -0.05) is 176 Å². The summed E-state index contributed by atoms with van der Waals surface area (Å²) in [5.41, 5.74) is 15.9. The van der Waals surface area contributed by atoms with Crippen LogP contribution in [-0.4, -0.2) is 0 Å². The quantitative estimate of drug-likeness (QED) is 0.168. The highest BCUT2D eigenvalue weighted by atomic mass is 16.3. The minimum atomic E-state index is -0.536. The molecule has 0 N–H and O–H groups in total. The van der Waals surface area contributed by atoms with Crippen molar-refractivity contribution in [3.63, 3.8) is 0 Å². The molecule has 2 aromatic heterocycles. The molecule has 290 valence electrons. The topological polar surface area (TPSA) is 29.5 Å². The molecule has 0 unspecified atom stereocenters. The third-order valence-corrected chi connectivity index (χ3v) is 13.1. The summed E-state index contributed by atoms with van der Waals surface area (Å²) in [4.78, 5) is 2.45. The monoisotopic (exact) mass is 791 g/mol. The average Bonchev–Trinajstić information content (AvgIpc) is 4.02. The fourth-order valence-corrected chi connectivity index (χ4v) is 10.6. The molecule has 0 aliphatic heterocycles. The van der Waals surface area contributed by atoms with Gasteiger partial charge in [0.1, 0.15) is 22.3 Å². The van der Waals surface area contributed by atoms with Crippen molar-refractivity contribution in [3.8, 4) is 22.3 Å². The SMILES string of the molecule is c1ccc(C2(c3ccccc3)c3ccccc3-c3c(N(c4ccc(-c5cccc6oc7c8ccccc8ccc7c56)cc4)c4cccc5oc6ccccc6c45)cccc32)cc1. The van der Waals surface area contributed by atoms with Gasteiger partial charge in [-0.05, 0) is 92.9 Å². The number of benzene rings is 10. The highest BCUT2D eigenvalue weighted by Gasteiger charge is 2.47. The summed E-state index contributed by atoms with van der Waals surface area (Å²) < 4.78 is 13.2. The Bertz CT molecular complexity index is 3650. The summed E-state index contributed by atoms with van der Waals surface area (Å²) in [6.07, 6.45) is 0. The van der Waals surface area contributed by atoms with Crippen molar-refractivity contribution in [3.05, 3.63) is 247 Å². The highest BCUT2D eigenvalue weighted by molar-refractivity contribution is 6.19. The first kappa shape index (κ1) is 34.7. The standard InChI is InChI=1S/C59H37NO2/c1-3-17-40(18-4-1)59(41-19-5-2-6-20-41)48-25-11-9-22-45(48)56-49(59)26-14-27-50(56)60(51-28-15-31-54-57(51)46-23-10-12-29-52(46)61-54)42-35-32-39(33-36-42)43-24-13-30-53-55(43)47-37-34-38-16-7-8-21-44(38)58(47)62-53/h1-37H. The molecule has 10 aromatic carbocycles. The molecule has 0 saturated heterocycles. The van der Waals surface area contributed by atoms with Gasteiger partial charge >= 0.3 is 0 Å². The van der Waals surface area contributed by atoms with Crippen LogP contribution in [0.25, 0.3) is 76.9 Å². The van der Waals surface area contributed by atoms with E-state index in [2.05, 4.69) is 223 Å². The first-order chi connectivity index (χ1) is 30.8. The van der Waals surface area contributed by atoms with Crippen LogP contribution in [0.5, 0.6) is 0 Å². The lowest BCUT2D eigenvalue weighted by Crippen LogP contribution is -2.28. The van der Waals surface area contributed by atoms with E-state index in [1.54, 1.807) is 0 Å². The Morgan fingerprint density at radius 2 is 0.952 bits per heavy atom. The van der Waals surface area contributed by atoms with Gasteiger partial charge in [0, 0.05) is 32.8 Å². The van der Waals surface area contributed by atoms with Crippen molar-refractivity contribution in [1.29, 1.82) is 0 Å². The van der Waals surface area contributed by atoms with E-state index in [0.29, 0.717) is 0 Å². The number of hydrogen-bond donors (Lipinski definition) is 0. The normalized spacial score (nSPS) is 13.0. The fourth-order valence-electron chi connectivity index (χ4n) is 10.6. The Morgan fingerprint density at radius 1 is 0.355 bits per heavy atom. The summed E-state index contributed by atoms with van der Waals surface area (Å²) in [5.74, 6) is 0. The zero-order valence-corrected chi connectivity index (χ0v) is 33.6. The fraction of sp³-hybridized carbons (Fsp3) is 0.0169. The number of rotatable bonds is 6. The van der Waals surface area contributed by atoms with Crippen LogP contribution in [0.2, 0.25) is 0 Å². The Labute approximate surface area is 358 Å². The van der Waals surface area contributed by atoms with Crippen LogP contribution in [0.1, 0.15) is 22.3 Å². The van der Waals surface area contributed by atoms with Gasteiger partial charge in [0.2, 0.25) is 0 Å². The van der Waals surface area contributed by atoms with E-state index in [1.165, 1.54) is 38.8 Å². The second kappa shape index (κ2) is 13.4. The van der Waals surface area contributed by atoms with E-state index in [1.807, 2.05) is 6.07 Å². The summed E-state index contributed by atoms with van der Waals surface area (Å²) in [6, 6.07) is 81.0. The zero-order chi connectivity index (χ0) is 40.8. The molecule has 0 radical (unpaired) electrons. The van der Waals surface area contributed by atoms with E-state index in [-0.39, 0.29) is 0 Å². The van der Waals surface area contributed by atoms with Crippen LogP contribution in [0.4, 0.5) is 17.1 Å². The predicted octanol–water partition coefficient (Wildman–Crippen LogP) is 16.1. The Hall–Kier alpha value is -8.14. The summed E-state index contributed by atoms with van der Waals surface area (Å²) >= 11 is 0. The number of fused-ring (bicyclic) bond motifs is 11. The number of nitrogens with zero attached hydrogens (tertiary/aromatic N) is 1. The second-order valence-electron chi connectivity index (χ2n) is 16.3. The average molecular weight is 792 g/mol. The van der Waals surface area contributed by atoms with Crippen molar-refractivity contribution < 1.29 is 8.83 Å². The predicted molar refractivity (Wildman–Crippen MR) is 256 cm³/mol. The number of para-hydroxylation sites is 1. The van der Waals surface area contributed by atoms with E-state index in [0.717, 1.165) is 77.5 Å². The molecule has 0 spiro atoms. The summed E-state index contributed by atoms with van der Waals surface area (Å²) in [6.45, 7) is 0. The van der Waals surface area contributed by atoms with Crippen molar-refractivity contribution in [2.45, 2.75) is 5.41 Å². The van der Waals surface area contributed by atoms with Gasteiger partial charge in [0.15, 0.2) is 0 Å². The van der Waals surface area contributed by atoms with Gasteiger partial charge < -0.3 is 13.7 Å².